The summed E-state index contributed by atoms with van der Waals surface area (Å²) in [5.41, 5.74) is 2.03. The second kappa shape index (κ2) is 15.6. The molecule has 0 aromatic heterocycles. The SMILES string of the molecule is CCc1cccc(CNC[C@H](O)[C@H](Cc2cc(F)cc(F)c2)NC(=O)CCC(=O)Nc2cc(S(=O)(=O)CC)ccc2F)c1. The fourth-order valence-electron chi connectivity index (χ4n) is 4.41. The predicted molar refractivity (Wildman–Crippen MR) is 158 cm³/mol. The Morgan fingerprint density at radius 2 is 1.53 bits per heavy atom. The molecule has 0 aliphatic carbocycles. The van der Waals surface area contributed by atoms with Gasteiger partial charge in [-0.2, -0.15) is 0 Å². The zero-order chi connectivity index (χ0) is 31.6. The summed E-state index contributed by atoms with van der Waals surface area (Å²) in [4.78, 5) is 25.1. The Morgan fingerprint density at radius 1 is 0.860 bits per heavy atom. The molecule has 3 aromatic rings. The summed E-state index contributed by atoms with van der Waals surface area (Å²) >= 11 is 0. The van der Waals surface area contributed by atoms with E-state index in [9.17, 15) is 36.3 Å². The molecule has 0 saturated heterocycles. The molecule has 0 fully saturated rings. The lowest BCUT2D eigenvalue weighted by Crippen LogP contribution is -2.48. The molecular weight excluding hydrogens is 583 g/mol. The van der Waals surface area contributed by atoms with Crippen LogP contribution in [-0.2, 0) is 38.8 Å². The molecule has 3 aromatic carbocycles. The first-order valence-corrected chi connectivity index (χ1v) is 15.6. The second-order valence-electron chi connectivity index (χ2n) is 10.1. The predicted octanol–water partition coefficient (Wildman–Crippen LogP) is 4.06. The molecule has 43 heavy (non-hydrogen) atoms. The van der Waals surface area contributed by atoms with Crippen LogP contribution in [0.2, 0.25) is 0 Å². The van der Waals surface area contributed by atoms with Crippen molar-refractivity contribution in [1.82, 2.24) is 10.6 Å². The van der Waals surface area contributed by atoms with Crippen LogP contribution in [0.4, 0.5) is 18.9 Å². The minimum absolute atomic E-state index is 0.0515. The first-order chi connectivity index (χ1) is 20.4. The fourth-order valence-corrected chi connectivity index (χ4v) is 5.32. The van der Waals surface area contributed by atoms with Gasteiger partial charge in [-0.15, -0.1) is 0 Å². The number of carbonyl (C=O) groups is 2. The number of rotatable bonds is 15. The smallest absolute Gasteiger partial charge is 0.224 e. The molecular formula is C31H36F3N3O5S. The Hall–Kier alpha value is -3.74. The summed E-state index contributed by atoms with van der Waals surface area (Å²) < 4.78 is 66.0. The molecule has 232 valence electrons. The summed E-state index contributed by atoms with van der Waals surface area (Å²) in [6.45, 7) is 3.97. The van der Waals surface area contributed by atoms with Gasteiger partial charge in [0.05, 0.1) is 28.5 Å². The van der Waals surface area contributed by atoms with Crippen LogP contribution in [0.25, 0.3) is 0 Å². The Kier molecular flexibility index (Phi) is 12.3. The topological polar surface area (TPSA) is 125 Å². The van der Waals surface area contributed by atoms with Crippen molar-refractivity contribution in [3.8, 4) is 0 Å². The summed E-state index contributed by atoms with van der Waals surface area (Å²) in [5.74, 6) is -4.02. The van der Waals surface area contributed by atoms with Crippen molar-refractivity contribution >= 4 is 27.3 Å². The molecule has 8 nitrogen and oxygen atoms in total. The summed E-state index contributed by atoms with van der Waals surface area (Å²) in [6.07, 6.45) is -1.10. The van der Waals surface area contributed by atoms with Crippen molar-refractivity contribution in [3.63, 3.8) is 0 Å². The van der Waals surface area contributed by atoms with Crippen molar-refractivity contribution in [2.45, 2.75) is 63.1 Å². The number of benzene rings is 3. The van der Waals surface area contributed by atoms with E-state index in [1.54, 1.807) is 0 Å². The minimum Gasteiger partial charge on any atom is -0.390 e. The number of aliphatic hydroxyl groups excluding tert-OH is 1. The largest absolute Gasteiger partial charge is 0.390 e. The van der Waals surface area contributed by atoms with Gasteiger partial charge in [0.15, 0.2) is 9.84 Å². The molecule has 0 bridgehead atoms. The number of amides is 2. The average Bonchev–Trinajstić information content (AvgIpc) is 2.96. The van der Waals surface area contributed by atoms with Gasteiger partial charge in [-0.05, 0) is 59.9 Å². The summed E-state index contributed by atoms with van der Waals surface area (Å²) in [6, 6.07) is 12.9. The molecule has 2 atom stereocenters. The van der Waals surface area contributed by atoms with Crippen LogP contribution < -0.4 is 16.0 Å². The van der Waals surface area contributed by atoms with Gasteiger partial charge in [-0.1, -0.05) is 38.1 Å². The van der Waals surface area contributed by atoms with Crippen LogP contribution in [0.5, 0.6) is 0 Å². The van der Waals surface area contributed by atoms with E-state index in [2.05, 4.69) is 16.0 Å². The van der Waals surface area contributed by atoms with Crippen LogP contribution in [0.15, 0.2) is 65.6 Å². The number of aryl methyl sites for hydroxylation is 1. The molecule has 0 radical (unpaired) electrons. The second-order valence-corrected chi connectivity index (χ2v) is 12.4. The van der Waals surface area contributed by atoms with Crippen molar-refractivity contribution in [3.05, 3.63) is 94.8 Å². The van der Waals surface area contributed by atoms with E-state index in [0.717, 1.165) is 47.9 Å². The minimum atomic E-state index is -3.64. The van der Waals surface area contributed by atoms with Gasteiger partial charge in [0.1, 0.15) is 17.5 Å². The maximum Gasteiger partial charge on any atom is 0.224 e. The third-order valence-electron chi connectivity index (χ3n) is 6.80. The molecule has 3 rings (SSSR count). The summed E-state index contributed by atoms with van der Waals surface area (Å²) in [5, 5.41) is 19.0. The van der Waals surface area contributed by atoms with E-state index < -0.39 is 51.2 Å². The third-order valence-corrected chi connectivity index (χ3v) is 8.53. The molecule has 4 N–H and O–H groups in total. The van der Waals surface area contributed by atoms with E-state index >= 15 is 0 Å². The number of halogens is 3. The normalized spacial score (nSPS) is 12.9. The van der Waals surface area contributed by atoms with Crippen molar-refractivity contribution in [1.29, 1.82) is 0 Å². The standard InChI is InChI=1S/C31H36F3N3O5S/c1-3-20-6-5-7-21(12-20)18-35-19-29(38)28(15-22-13-23(32)16-24(33)14-22)37-31(40)11-10-30(39)36-27-17-25(8-9-26(27)34)43(41,42)4-2/h5-9,12-14,16-17,28-29,35,38H,3-4,10-11,15,18-19H2,1-2H3,(H,36,39)(H,37,40)/t28-,29-/m0/s1. The van der Waals surface area contributed by atoms with Gasteiger partial charge in [-0.25, -0.2) is 21.6 Å². The Morgan fingerprint density at radius 3 is 2.21 bits per heavy atom. The molecule has 0 aliphatic heterocycles. The molecule has 0 heterocycles. The first-order valence-electron chi connectivity index (χ1n) is 13.9. The Labute approximate surface area is 249 Å². The number of sulfone groups is 1. The van der Waals surface area contributed by atoms with Crippen molar-refractivity contribution in [2.24, 2.45) is 0 Å². The number of aliphatic hydroxyl groups is 1. The lowest BCUT2D eigenvalue weighted by Gasteiger charge is -2.25. The van der Waals surface area contributed by atoms with Gasteiger partial charge in [0.25, 0.3) is 0 Å². The Balaban J connectivity index is 1.63. The summed E-state index contributed by atoms with van der Waals surface area (Å²) in [7, 11) is -3.64. The maximum absolute atomic E-state index is 14.2. The van der Waals surface area contributed by atoms with E-state index in [1.807, 2.05) is 31.2 Å². The van der Waals surface area contributed by atoms with Crippen molar-refractivity contribution in [2.75, 3.05) is 17.6 Å². The lowest BCUT2D eigenvalue weighted by atomic mass is 10.00. The molecule has 0 unspecified atom stereocenters. The molecule has 0 spiro atoms. The van der Waals surface area contributed by atoms with Gasteiger partial charge in [-0.3, -0.25) is 9.59 Å². The first kappa shape index (κ1) is 33.8. The fraction of sp³-hybridized carbons (Fsp3) is 0.355. The number of anilines is 1. The highest BCUT2D eigenvalue weighted by Crippen LogP contribution is 2.21. The number of hydrogen-bond acceptors (Lipinski definition) is 6. The van der Waals surface area contributed by atoms with Gasteiger partial charge in [0, 0.05) is 32.0 Å². The van der Waals surface area contributed by atoms with Crippen molar-refractivity contribution < 1.29 is 36.3 Å². The van der Waals surface area contributed by atoms with Crippen LogP contribution >= 0.6 is 0 Å². The lowest BCUT2D eigenvalue weighted by molar-refractivity contribution is -0.125. The van der Waals surface area contributed by atoms with Crippen LogP contribution in [-0.4, -0.2) is 49.8 Å². The number of nitrogens with one attached hydrogen (secondary N) is 3. The highest BCUT2D eigenvalue weighted by molar-refractivity contribution is 7.91. The quantitative estimate of drug-likeness (QED) is 0.190. The highest BCUT2D eigenvalue weighted by atomic mass is 32.2. The average molecular weight is 620 g/mol. The molecule has 0 saturated carbocycles. The number of carbonyl (C=O) groups excluding carboxylic acids is 2. The molecule has 0 aliphatic rings. The van der Waals surface area contributed by atoms with Crippen LogP contribution in [0, 0.1) is 17.5 Å². The van der Waals surface area contributed by atoms with Gasteiger partial charge < -0.3 is 21.1 Å². The third kappa shape index (κ3) is 10.5. The Bertz CT molecular complexity index is 1510. The van der Waals surface area contributed by atoms with E-state index in [0.29, 0.717) is 12.6 Å². The van der Waals surface area contributed by atoms with Gasteiger partial charge in [0.2, 0.25) is 11.8 Å². The van der Waals surface area contributed by atoms with E-state index in [1.165, 1.54) is 6.92 Å². The van der Waals surface area contributed by atoms with Crippen LogP contribution in [0.1, 0.15) is 43.4 Å². The van der Waals surface area contributed by atoms with Crippen LogP contribution in [0.3, 0.4) is 0 Å². The molecule has 12 heteroatoms. The monoisotopic (exact) mass is 619 g/mol. The van der Waals surface area contributed by atoms with Gasteiger partial charge >= 0.3 is 0 Å². The zero-order valence-electron chi connectivity index (χ0n) is 24.0. The van der Waals surface area contributed by atoms with E-state index in [-0.39, 0.29) is 47.7 Å². The highest BCUT2D eigenvalue weighted by Gasteiger charge is 2.23. The zero-order valence-corrected chi connectivity index (χ0v) is 24.8. The van der Waals surface area contributed by atoms with E-state index in [4.69, 9.17) is 0 Å². The maximum atomic E-state index is 14.2. The number of hydrogen-bond donors (Lipinski definition) is 4. The molecule has 2 amide bonds.